The van der Waals surface area contributed by atoms with Crippen LogP contribution in [0.1, 0.15) is 28.9 Å². The first-order valence-electron chi connectivity index (χ1n) is 6.22. The van der Waals surface area contributed by atoms with Crippen molar-refractivity contribution in [2.24, 2.45) is 5.73 Å². The second kappa shape index (κ2) is 6.01. The smallest absolute Gasteiger partial charge is 0.248 e. The average molecular weight is 272 g/mol. The summed E-state index contributed by atoms with van der Waals surface area (Å²) in [6.45, 7) is 2.13. The summed E-state index contributed by atoms with van der Waals surface area (Å²) in [6, 6.07) is 6.54. The Balaban J connectivity index is 1.96. The van der Waals surface area contributed by atoms with Gasteiger partial charge in [0.05, 0.1) is 6.33 Å². The molecule has 1 unspecified atom stereocenters. The van der Waals surface area contributed by atoms with Crippen LogP contribution in [-0.2, 0) is 11.3 Å². The van der Waals surface area contributed by atoms with Crippen LogP contribution in [0.25, 0.3) is 0 Å². The van der Waals surface area contributed by atoms with E-state index in [1.54, 1.807) is 48.4 Å². The van der Waals surface area contributed by atoms with Crippen LogP contribution < -0.4 is 11.1 Å². The number of nitrogens with two attached hydrogens (primary N) is 1. The van der Waals surface area contributed by atoms with Gasteiger partial charge in [0.15, 0.2) is 0 Å². The minimum absolute atomic E-state index is 0.118. The van der Waals surface area contributed by atoms with Crippen molar-refractivity contribution in [3.05, 3.63) is 54.1 Å². The van der Waals surface area contributed by atoms with Gasteiger partial charge in [-0.3, -0.25) is 9.59 Å². The normalized spacial score (nSPS) is 11.8. The number of imidazole rings is 1. The number of nitrogens with one attached hydrogen (secondary N) is 1. The van der Waals surface area contributed by atoms with E-state index in [0.29, 0.717) is 12.1 Å². The molecule has 0 aliphatic rings. The van der Waals surface area contributed by atoms with Gasteiger partial charge in [-0.15, -0.1) is 0 Å². The van der Waals surface area contributed by atoms with Gasteiger partial charge in [0.1, 0.15) is 6.04 Å². The van der Waals surface area contributed by atoms with E-state index in [0.717, 1.165) is 5.56 Å². The molecule has 3 N–H and O–H groups in total. The zero-order valence-corrected chi connectivity index (χ0v) is 11.1. The summed E-state index contributed by atoms with van der Waals surface area (Å²) in [5, 5.41) is 2.81. The van der Waals surface area contributed by atoms with Gasteiger partial charge in [-0.05, 0) is 24.6 Å². The van der Waals surface area contributed by atoms with E-state index in [9.17, 15) is 9.59 Å². The minimum Gasteiger partial charge on any atom is -0.366 e. The second-order valence-corrected chi connectivity index (χ2v) is 4.47. The van der Waals surface area contributed by atoms with Crippen LogP contribution in [0.3, 0.4) is 0 Å². The summed E-state index contributed by atoms with van der Waals surface area (Å²) in [5.41, 5.74) is 6.47. The summed E-state index contributed by atoms with van der Waals surface area (Å²) in [5.74, 6) is -0.600. The Labute approximate surface area is 116 Å². The zero-order chi connectivity index (χ0) is 14.5. The van der Waals surface area contributed by atoms with Gasteiger partial charge in [-0.1, -0.05) is 12.1 Å². The van der Waals surface area contributed by atoms with E-state index in [1.807, 2.05) is 6.07 Å². The average Bonchev–Trinajstić information content (AvgIpc) is 2.98. The first-order valence-corrected chi connectivity index (χ1v) is 6.22. The molecule has 1 heterocycles. The molecular weight excluding hydrogens is 256 g/mol. The fourth-order valence-corrected chi connectivity index (χ4v) is 1.81. The minimum atomic E-state index is -0.482. The Morgan fingerprint density at radius 2 is 2.25 bits per heavy atom. The first-order chi connectivity index (χ1) is 9.58. The highest BCUT2D eigenvalue weighted by molar-refractivity contribution is 5.92. The van der Waals surface area contributed by atoms with Crippen molar-refractivity contribution in [3.8, 4) is 0 Å². The maximum absolute atomic E-state index is 12.0. The monoisotopic (exact) mass is 272 g/mol. The van der Waals surface area contributed by atoms with E-state index in [1.165, 1.54) is 0 Å². The molecule has 0 radical (unpaired) electrons. The van der Waals surface area contributed by atoms with Crippen molar-refractivity contribution < 1.29 is 9.59 Å². The highest BCUT2D eigenvalue weighted by atomic mass is 16.2. The first kappa shape index (κ1) is 13.8. The number of hydrogen-bond acceptors (Lipinski definition) is 3. The molecule has 0 spiro atoms. The van der Waals surface area contributed by atoms with Crippen molar-refractivity contribution in [1.82, 2.24) is 14.9 Å². The van der Waals surface area contributed by atoms with Crippen molar-refractivity contribution in [2.45, 2.75) is 19.5 Å². The Hall–Kier alpha value is -2.63. The fraction of sp³-hybridized carbons (Fsp3) is 0.214. The molecule has 2 amide bonds. The zero-order valence-electron chi connectivity index (χ0n) is 11.1. The van der Waals surface area contributed by atoms with E-state index in [4.69, 9.17) is 5.73 Å². The molecule has 0 fully saturated rings. The number of benzene rings is 1. The van der Waals surface area contributed by atoms with Crippen LogP contribution in [0.5, 0.6) is 0 Å². The lowest BCUT2D eigenvalue weighted by molar-refractivity contribution is -0.124. The number of carbonyl (C=O) groups excluding carboxylic acids is 2. The molecule has 0 aliphatic heterocycles. The van der Waals surface area contributed by atoms with Crippen LogP contribution in [0.2, 0.25) is 0 Å². The largest absolute Gasteiger partial charge is 0.366 e. The molecule has 0 bridgehead atoms. The van der Waals surface area contributed by atoms with E-state index in [2.05, 4.69) is 10.3 Å². The number of carbonyl (C=O) groups is 2. The SMILES string of the molecule is CC(C(=O)NCc1cccc(C(N)=O)c1)n1ccnc1. The van der Waals surface area contributed by atoms with Crippen LogP contribution in [0, 0.1) is 0 Å². The van der Waals surface area contributed by atoms with Gasteiger partial charge in [-0.25, -0.2) is 4.98 Å². The van der Waals surface area contributed by atoms with Crippen LogP contribution in [0.15, 0.2) is 43.0 Å². The lowest BCUT2D eigenvalue weighted by Crippen LogP contribution is -2.30. The van der Waals surface area contributed by atoms with Gasteiger partial charge in [-0.2, -0.15) is 0 Å². The number of hydrogen-bond donors (Lipinski definition) is 2. The van der Waals surface area contributed by atoms with E-state index in [-0.39, 0.29) is 11.9 Å². The summed E-state index contributed by atoms with van der Waals surface area (Å²) in [7, 11) is 0. The number of nitrogens with zero attached hydrogens (tertiary/aromatic N) is 2. The van der Waals surface area contributed by atoms with Crippen LogP contribution >= 0.6 is 0 Å². The second-order valence-electron chi connectivity index (χ2n) is 4.47. The van der Waals surface area contributed by atoms with Gasteiger partial charge in [0.2, 0.25) is 11.8 Å². The molecule has 0 saturated heterocycles. The van der Waals surface area contributed by atoms with Gasteiger partial charge < -0.3 is 15.6 Å². The standard InChI is InChI=1S/C14H16N4O2/c1-10(18-6-5-16-9-18)14(20)17-8-11-3-2-4-12(7-11)13(15)19/h2-7,9-10H,8H2,1H3,(H2,15,19)(H,17,20). The molecule has 1 aromatic carbocycles. The lowest BCUT2D eigenvalue weighted by Gasteiger charge is -2.13. The van der Waals surface area contributed by atoms with Gasteiger partial charge >= 0.3 is 0 Å². The third-order valence-corrected chi connectivity index (χ3v) is 3.03. The molecule has 0 saturated carbocycles. The Kier molecular flexibility index (Phi) is 4.14. The highest BCUT2D eigenvalue weighted by Gasteiger charge is 2.13. The van der Waals surface area contributed by atoms with E-state index >= 15 is 0 Å². The molecular formula is C14H16N4O2. The quantitative estimate of drug-likeness (QED) is 0.845. The molecule has 2 aromatic rings. The van der Waals surface area contributed by atoms with E-state index < -0.39 is 5.91 Å². The molecule has 20 heavy (non-hydrogen) atoms. The maximum Gasteiger partial charge on any atom is 0.248 e. The predicted molar refractivity (Wildman–Crippen MR) is 73.7 cm³/mol. The fourth-order valence-electron chi connectivity index (χ4n) is 1.81. The third kappa shape index (κ3) is 3.23. The van der Waals surface area contributed by atoms with Crippen molar-refractivity contribution >= 4 is 11.8 Å². The van der Waals surface area contributed by atoms with Gasteiger partial charge in [0.25, 0.3) is 0 Å². The molecule has 6 heteroatoms. The summed E-state index contributed by atoms with van der Waals surface area (Å²) in [4.78, 5) is 27.0. The van der Waals surface area contributed by atoms with Crippen molar-refractivity contribution in [2.75, 3.05) is 0 Å². The highest BCUT2D eigenvalue weighted by Crippen LogP contribution is 2.07. The molecule has 104 valence electrons. The lowest BCUT2D eigenvalue weighted by atomic mass is 10.1. The van der Waals surface area contributed by atoms with Crippen molar-refractivity contribution in [3.63, 3.8) is 0 Å². The third-order valence-electron chi connectivity index (χ3n) is 3.03. The number of rotatable bonds is 5. The summed E-state index contributed by atoms with van der Waals surface area (Å²) in [6.07, 6.45) is 4.95. The number of aromatic nitrogens is 2. The van der Waals surface area contributed by atoms with Crippen LogP contribution in [0.4, 0.5) is 0 Å². The number of amides is 2. The molecule has 2 rings (SSSR count). The molecule has 0 aliphatic carbocycles. The molecule has 6 nitrogen and oxygen atoms in total. The topological polar surface area (TPSA) is 90.0 Å². The van der Waals surface area contributed by atoms with Crippen molar-refractivity contribution in [1.29, 1.82) is 0 Å². The Morgan fingerprint density at radius 3 is 2.90 bits per heavy atom. The summed E-state index contributed by atoms with van der Waals surface area (Å²) < 4.78 is 1.72. The Morgan fingerprint density at radius 1 is 1.45 bits per heavy atom. The number of primary amides is 1. The predicted octanol–water partition coefficient (Wildman–Crippen LogP) is 0.859. The van der Waals surface area contributed by atoms with Gasteiger partial charge in [0, 0.05) is 24.5 Å². The molecule has 1 atom stereocenters. The summed E-state index contributed by atoms with van der Waals surface area (Å²) >= 11 is 0. The van der Waals surface area contributed by atoms with Crippen LogP contribution in [-0.4, -0.2) is 21.4 Å². The molecule has 1 aromatic heterocycles. The Bertz CT molecular complexity index is 607. The maximum atomic E-state index is 12.0.